The summed E-state index contributed by atoms with van der Waals surface area (Å²) in [6, 6.07) is 8.42. The van der Waals surface area contributed by atoms with Gasteiger partial charge in [0.1, 0.15) is 0 Å². The highest BCUT2D eigenvalue weighted by molar-refractivity contribution is 7.71. The summed E-state index contributed by atoms with van der Waals surface area (Å²) in [5.74, 6) is 0.578. The number of hydrogen-bond donors (Lipinski definition) is 2. The van der Waals surface area contributed by atoms with E-state index in [1.807, 2.05) is 17.5 Å². The molecule has 0 fully saturated rings. The fourth-order valence-corrected chi connectivity index (χ4v) is 3.59. The van der Waals surface area contributed by atoms with Gasteiger partial charge in [0.25, 0.3) is 0 Å². The molecule has 0 bridgehead atoms. The average molecular weight is 440 g/mol. The topological polar surface area (TPSA) is 81.2 Å². The summed E-state index contributed by atoms with van der Waals surface area (Å²) in [7, 11) is 1.36. The van der Waals surface area contributed by atoms with E-state index < -0.39 is 6.61 Å². The number of benzene rings is 1. The predicted molar refractivity (Wildman–Crippen MR) is 107 cm³/mol. The average Bonchev–Trinajstić information content (AvgIpc) is 3.34. The fourth-order valence-electron chi connectivity index (χ4n) is 2.64. The zero-order valence-electron chi connectivity index (χ0n) is 15.4. The maximum atomic E-state index is 12.5. The van der Waals surface area contributed by atoms with E-state index in [1.54, 1.807) is 10.6 Å². The third kappa shape index (κ3) is 5.39. The molecule has 2 heterocycles. The highest BCUT2D eigenvalue weighted by Crippen LogP contribution is 2.29. The zero-order chi connectivity index (χ0) is 20.8. The van der Waals surface area contributed by atoms with Crippen LogP contribution in [0.25, 0.3) is 10.7 Å². The van der Waals surface area contributed by atoms with E-state index in [2.05, 4.69) is 20.3 Å². The lowest BCUT2D eigenvalue weighted by Gasteiger charge is -2.12. The molecule has 0 atom stereocenters. The molecule has 0 aliphatic rings. The number of carbonyl (C=O) groups excluding carboxylic acids is 1. The smallest absolute Gasteiger partial charge is 0.387 e. The first-order valence-corrected chi connectivity index (χ1v) is 9.84. The molecule has 2 N–H and O–H groups in total. The number of H-pyrrole nitrogens is 1. The van der Waals surface area contributed by atoms with Crippen LogP contribution in [0.15, 0.2) is 35.7 Å². The lowest BCUT2D eigenvalue weighted by molar-refractivity contribution is -0.121. The van der Waals surface area contributed by atoms with Gasteiger partial charge in [0.15, 0.2) is 22.1 Å². The monoisotopic (exact) mass is 440 g/mol. The van der Waals surface area contributed by atoms with Crippen LogP contribution in [-0.2, 0) is 17.9 Å². The number of nitrogens with one attached hydrogen (secondary N) is 2. The number of hydrogen-bond acceptors (Lipinski definition) is 6. The Balaban J connectivity index is 1.59. The number of alkyl halides is 2. The van der Waals surface area contributed by atoms with E-state index in [0.29, 0.717) is 22.7 Å². The first-order chi connectivity index (χ1) is 14.0. The van der Waals surface area contributed by atoms with Gasteiger partial charge in [-0.05, 0) is 41.4 Å². The van der Waals surface area contributed by atoms with E-state index >= 15 is 0 Å². The van der Waals surface area contributed by atoms with Crippen molar-refractivity contribution in [2.24, 2.45) is 0 Å². The summed E-state index contributed by atoms with van der Waals surface area (Å²) in [5.41, 5.74) is 0.606. The summed E-state index contributed by atoms with van der Waals surface area (Å²) in [5, 5.41) is 11.7. The van der Waals surface area contributed by atoms with Crippen molar-refractivity contribution in [3.05, 3.63) is 46.0 Å². The van der Waals surface area contributed by atoms with Crippen LogP contribution in [0.4, 0.5) is 8.78 Å². The van der Waals surface area contributed by atoms with Crippen molar-refractivity contribution in [2.45, 2.75) is 26.1 Å². The van der Waals surface area contributed by atoms with Gasteiger partial charge in [-0.3, -0.25) is 14.5 Å². The second-order valence-electron chi connectivity index (χ2n) is 5.87. The van der Waals surface area contributed by atoms with Gasteiger partial charge < -0.3 is 14.8 Å². The van der Waals surface area contributed by atoms with E-state index in [9.17, 15) is 13.6 Å². The van der Waals surface area contributed by atoms with E-state index in [0.717, 1.165) is 4.88 Å². The molecule has 154 valence electrons. The van der Waals surface area contributed by atoms with Gasteiger partial charge >= 0.3 is 6.61 Å². The van der Waals surface area contributed by atoms with Crippen molar-refractivity contribution in [1.82, 2.24) is 20.1 Å². The van der Waals surface area contributed by atoms with Crippen LogP contribution in [0.5, 0.6) is 11.5 Å². The van der Waals surface area contributed by atoms with Gasteiger partial charge in [0.05, 0.1) is 12.0 Å². The van der Waals surface area contributed by atoms with Crippen molar-refractivity contribution in [3.63, 3.8) is 0 Å². The standard InChI is InChI=1S/C18H18F2N4O3S2/c1-26-12-5-4-11(9-13(12)27-17(19)20)10-21-15(25)6-7-24-16(22-23-18(24)28)14-3-2-8-29-14/h2-5,8-9,17H,6-7,10H2,1H3,(H,21,25)(H,23,28). The molecule has 0 unspecified atom stereocenters. The maximum Gasteiger partial charge on any atom is 0.387 e. The Kier molecular flexibility index (Phi) is 6.94. The Morgan fingerprint density at radius 3 is 2.90 bits per heavy atom. The van der Waals surface area contributed by atoms with Crippen LogP contribution < -0.4 is 14.8 Å². The molecule has 0 spiro atoms. The number of halogens is 2. The SMILES string of the molecule is COc1ccc(CNC(=O)CCn2c(-c3cccs3)n[nH]c2=S)cc1OC(F)F. The minimum absolute atomic E-state index is 0.0838. The summed E-state index contributed by atoms with van der Waals surface area (Å²) in [4.78, 5) is 13.2. The largest absolute Gasteiger partial charge is 0.493 e. The molecule has 1 amide bonds. The van der Waals surface area contributed by atoms with Gasteiger partial charge in [-0.25, -0.2) is 0 Å². The summed E-state index contributed by atoms with van der Waals surface area (Å²) >= 11 is 6.77. The quantitative estimate of drug-likeness (QED) is 0.492. The minimum Gasteiger partial charge on any atom is -0.493 e. The minimum atomic E-state index is -2.97. The fraction of sp³-hybridized carbons (Fsp3) is 0.278. The lowest BCUT2D eigenvalue weighted by Crippen LogP contribution is -2.24. The number of aromatic amines is 1. The molecule has 11 heteroatoms. The predicted octanol–water partition coefficient (Wildman–Crippen LogP) is 3.99. The number of aromatic nitrogens is 3. The Bertz CT molecular complexity index is 1020. The van der Waals surface area contributed by atoms with Gasteiger partial charge in [-0.2, -0.15) is 13.9 Å². The first kappa shape index (κ1) is 20.9. The number of carbonyl (C=O) groups is 1. The van der Waals surface area contributed by atoms with Crippen molar-refractivity contribution in [1.29, 1.82) is 0 Å². The normalized spacial score (nSPS) is 10.9. The molecule has 0 radical (unpaired) electrons. The van der Waals surface area contributed by atoms with E-state index in [4.69, 9.17) is 17.0 Å². The number of amides is 1. The van der Waals surface area contributed by atoms with Crippen molar-refractivity contribution in [3.8, 4) is 22.2 Å². The second-order valence-corrected chi connectivity index (χ2v) is 7.21. The third-order valence-electron chi connectivity index (χ3n) is 4.00. The second kappa shape index (κ2) is 9.61. The highest BCUT2D eigenvalue weighted by Gasteiger charge is 2.13. The molecule has 0 aliphatic carbocycles. The maximum absolute atomic E-state index is 12.5. The zero-order valence-corrected chi connectivity index (χ0v) is 17.0. The van der Waals surface area contributed by atoms with Gasteiger partial charge in [-0.1, -0.05) is 12.1 Å². The molecule has 3 rings (SSSR count). The molecule has 0 saturated heterocycles. The Labute approximate surface area is 174 Å². The molecule has 7 nitrogen and oxygen atoms in total. The molecule has 1 aromatic carbocycles. The molecule has 3 aromatic rings. The van der Waals surface area contributed by atoms with E-state index in [-0.39, 0.29) is 30.4 Å². The molecule has 0 saturated carbocycles. The molecular formula is C18H18F2N4O3S2. The number of thiophene rings is 1. The Hall–Kier alpha value is -2.79. The van der Waals surface area contributed by atoms with Crippen LogP contribution in [-0.4, -0.2) is 34.4 Å². The van der Waals surface area contributed by atoms with Crippen LogP contribution in [0.2, 0.25) is 0 Å². The van der Waals surface area contributed by atoms with Crippen molar-refractivity contribution >= 4 is 29.5 Å². The van der Waals surface area contributed by atoms with Crippen LogP contribution >= 0.6 is 23.6 Å². The number of rotatable bonds is 9. The van der Waals surface area contributed by atoms with Gasteiger partial charge in [0, 0.05) is 19.5 Å². The summed E-state index contributed by atoms with van der Waals surface area (Å²) in [6.45, 7) is -2.45. The molecular weight excluding hydrogens is 422 g/mol. The summed E-state index contributed by atoms with van der Waals surface area (Å²) < 4.78 is 36.7. The lowest BCUT2D eigenvalue weighted by atomic mass is 10.2. The first-order valence-electron chi connectivity index (χ1n) is 8.55. The molecule has 29 heavy (non-hydrogen) atoms. The Morgan fingerprint density at radius 2 is 2.21 bits per heavy atom. The number of nitrogens with zero attached hydrogens (tertiary/aromatic N) is 2. The Morgan fingerprint density at radius 1 is 1.38 bits per heavy atom. The summed E-state index contributed by atoms with van der Waals surface area (Å²) in [6.07, 6.45) is 0.183. The van der Waals surface area contributed by atoms with Crippen molar-refractivity contribution < 1.29 is 23.0 Å². The molecule has 0 aliphatic heterocycles. The molecule has 2 aromatic heterocycles. The number of ether oxygens (including phenoxy) is 2. The highest BCUT2D eigenvalue weighted by atomic mass is 32.1. The van der Waals surface area contributed by atoms with Gasteiger partial charge in [-0.15, -0.1) is 11.3 Å². The van der Waals surface area contributed by atoms with Crippen molar-refractivity contribution in [2.75, 3.05) is 7.11 Å². The van der Waals surface area contributed by atoms with Gasteiger partial charge in [0.2, 0.25) is 5.91 Å². The number of methoxy groups -OCH3 is 1. The van der Waals surface area contributed by atoms with E-state index in [1.165, 1.54) is 30.6 Å². The third-order valence-corrected chi connectivity index (χ3v) is 5.17. The van der Waals surface area contributed by atoms with Crippen LogP contribution in [0.3, 0.4) is 0 Å². The van der Waals surface area contributed by atoms with Crippen LogP contribution in [0.1, 0.15) is 12.0 Å². The van der Waals surface area contributed by atoms with Crippen LogP contribution in [0, 0.1) is 4.77 Å².